The highest BCUT2D eigenvalue weighted by Gasteiger charge is 2.62. The number of aromatic amines is 1. The summed E-state index contributed by atoms with van der Waals surface area (Å²) in [6.45, 7) is 0.492. The lowest BCUT2D eigenvalue weighted by Crippen LogP contribution is -2.62. The fraction of sp³-hybridized carbons (Fsp3) is 0.556. The number of piperidine rings is 1. The van der Waals surface area contributed by atoms with Crippen LogP contribution in [0.25, 0.3) is 11.0 Å². The normalized spacial score (nSPS) is 23.5. The minimum absolute atomic E-state index is 0.0212. The molecule has 1 amide bonds. The van der Waals surface area contributed by atoms with Gasteiger partial charge < -0.3 is 15.0 Å². The summed E-state index contributed by atoms with van der Waals surface area (Å²) >= 11 is 0. The van der Waals surface area contributed by atoms with Crippen LogP contribution in [0.15, 0.2) is 24.3 Å². The molecule has 1 atom stereocenters. The molecule has 1 aromatic carbocycles. The molecule has 2 heterocycles. The summed E-state index contributed by atoms with van der Waals surface area (Å²) in [5, 5.41) is 10.0. The molecule has 134 valence electrons. The van der Waals surface area contributed by atoms with E-state index in [1.165, 1.54) is 4.90 Å². The zero-order chi connectivity index (χ0) is 17.7. The van der Waals surface area contributed by atoms with Crippen molar-refractivity contribution in [2.75, 3.05) is 13.1 Å². The molecule has 25 heavy (non-hydrogen) atoms. The minimum atomic E-state index is -3.72. The fourth-order valence-corrected chi connectivity index (χ4v) is 3.77. The third-order valence-electron chi connectivity index (χ3n) is 5.54. The van der Waals surface area contributed by atoms with Crippen molar-refractivity contribution in [1.82, 2.24) is 14.9 Å². The second kappa shape index (κ2) is 5.76. The Morgan fingerprint density at radius 3 is 2.76 bits per heavy atom. The van der Waals surface area contributed by atoms with Crippen molar-refractivity contribution in [3.63, 3.8) is 0 Å². The number of nitrogens with zero attached hydrogens (tertiary/aromatic N) is 2. The SMILES string of the molecule is O=C(N1CCCC(c2nc3ccccc3[nH]2)C1)C(F)(F)C1(O)CCC1. The van der Waals surface area contributed by atoms with Gasteiger partial charge in [-0.3, -0.25) is 4.79 Å². The Morgan fingerprint density at radius 2 is 2.08 bits per heavy atom. The van der Waals surface area contributed by atoms with Crippen LogP contribution in [0.2, 0.25) is 0 Å². The molecule has 0 bridgehead atoms. The first kappa shape index (κ1) is 16.4. The number of halogens is 2. The largest absolute Gasteiger partial charge is 0.383 e. The number of hydrogen-bond donors (Lipinski definition) is 2. The highest BCUT2D eigenvalue weighted by Crippen LogP contribution is 2.45. The number of carbonyl (C=O) groups excluding carboxylic acids is 1. The number of rotatable bonds is 3. The number of likely N-dealkylation sites (tertiary alicyclic amines) is 1. The maximum Gasteiger partial charge on any atom is 0.352 e. The van der Waals surface area contributed by atoms with Crippen molar-refractivity contribution in [2.24, 2.45) is 0 Å². The molecule has 7 heteroatoms. The van der Waals surface area contributed by atoms with E-state index >= 15 is 0 Å². The summed E-state index contributed by atoms with van der Waals surface area (Å²) in [6, 6.07) is 7.60. The number of hydrogen-bond acceptors (Lipinski definition) is 3. The van der Waals surface area contributed by atoms with Crippen LogP contribution < -0.4 is 0 Å². The number of amides is 1. The molecule has 2 aliphatic rings. The summed E-state index contributed by atoms with van der Waals surface area (Å²) in [5.74, 6) is -4.35. The lowest BCUT2D eigenvalue weighted by atomic mass is 9.74. The zero-order valence-electron chi connectivity index (χ0n) is 13.8. The van der Waals surface area contributed by atoms with Gasteiger partial charge in [0.1, 0.15) is 11.4 Å². The van der Waals surface area contributed by atoms with Crippen molar-refractivity contribution in [2.45, 2.75) is 49.5 Å². The van der Waals surface area contributed by atoms with Crippen LogP contribution >= 0.6 is 0 Å². The van der Waals surface area contributed by atoms with E-state index in [2.05, 4.69) is 9.97 Å². The highest BCUT2D eigenvalue weighted by atomic mass is 19.3. The first-order chi connectivity index (χ1) is 11.9. The van der Waals surface area contributed by atoms with E-state index in [1.807, 2.05) is 24.3 Å². The van der Waals surface area contributed by atoms with E-state index in [0.29, 0.717) is 19.4 Å². The smallest absolute Gasteiger partial charge is 0.352 e. The number of aliphatic hydroxyl groups is 1. The maximum absolute atomic E-state index is 14.5. The number of benzene rings is 1. The first-order valence-corrected chi connectivity index (χ1v) is 8.75. The number of imidazole rings is 1. The predicted molar refractivity (Wildman–Crippen MR) is 88.4 cm³/mol. The second-order valence-corrected chi connectivity index (χ2v) is 7.19. The molecule has 1 saturated heterocycles. The van der Waals surface area contributed by atoms with Gasteiger partial charge in [-0.25, -0.2) is 4.98 Å². The Balaban J connectivity index is 1.53. The number of carbonyl (C=O) groups is 1. The van der Waals surface area contributed by atoms with Crippen LogP contribution in [-0.2, 0) is 4.79 Å². The van der Waals surface area contributed by atoms with Gasteiger partial charge in [-0.2, -0.15) is 8.78 Å². The number of H-pyrrole nitrogens is 1. The molecule has 1 aromatic heterocycles. The van der Waals surface area contributed by atoms with Crippen LogP contribution in [0.5, 0.6) is 0 Å². The fourth-order valence-electron chi connectivity index (χ4n) is 3.77. The monoisotopic (exact) mass is 349 g/mol. The van der Waals surface area contributed by atoms with Gasteiger partial charge in [-0.05, 0) is 44.2 Å². The van der Waals surface area contributed by atoms with Gasteiger partial charge in [-0.1, -0.05) is 12.1 Å². The topological polar surface area (TPSA) is 69.2 Å². The standard InChI is InChI=1S/C18H21F2N3O2/c19-18(20,17(25)8-4-9-17)16(24)23-10-3-5-12(11-23)15-21-13-6-1-2-7-14(13)22-15/h1-2,6-7,12,25H,3-5,8-11H2,(H,21,22). The minimum Gasteiger partial charge on any atom is -0.383 e. The number of nitrogens with one attached hydrogen (secondary N) is 1. The number of aromatic nitrogens is 2. The molecule has 1 saturated carbocycles. The highest BCUT2D eigenvalue weighted by molar-refractivity contribution is 5.85. The average molecular weight is 349 g/mol. The van der Waals surface area contributed by atoms with Gasteiger partial charge in [0.2, 0.25) is 0 Å². The van der Waals surface area contributed by atoms with Crippen molar-refractivity contribution >= 4 is 16.9 Å². The Morgan fingerprint density at radius 1 is 1.32 bits per heavy atom. The van der Waals surface area contributed by atoms with E-state index in [4.69, 9.17) is 0 Å². The van der Waals surface area contributed by atoms with Crippen LogP contribution in [0.3, 0.4) is 0 Å². The molecule has 0 radical (unpaired) electrons. The Labute approximate surface area is 144 Å². The Bertz CT molecular complexity index is 767. The molecule has 5 nitrogen and oxygen atoms in total. The summed E-state index contributed by atoms with van der Waals surface area (Å²) < 4.78 is 28.9. The summed E-state index contributed by atoms with van der Waals surface area (Å²) in [7, 11) is 0. The van der Waals surface area contributed by atoms with Crippen LogP contribution in [0, 0.1) is 0 Å². The third kappa shape index (κ3) is 2.61. The second-order valence-electron chi connectivity index (χ2n) is 7.19. The molecule has 0 spiro atoms. The third-order valence-corrected chi connectivity index (χ3v) is 5.54. The molecule has 2 fully saturated rings. The van der Waals surface area contributed by atoms with Crippen LogP contribution in [-0.4, -0.2) is 50.5 Å². The van der Waals surface area contributed by atoms with Gasteiger partial charge >= 0.3 is 5.92 Å². The van der Waals surface area contributed by atoms with E-state index < -0.39 is 17.4 Å². The van der Waals surface area contributed by atoms with Crippen molar-refractivity contribution in [3.8, 4) is 0 Å². The Kier molecular flexibility index (Phi) is 3.79. The molecule has 2 N–H and O–H groups in total. The van der Waals surface area contributed by atoms with E-state index in [1.54, 1.807) is 0 Å². The van der Waals surface area contributed by atoms with Crippen molar-refractivity contribution in [3.05, 3.63) is 30.1 Å². The van der Waals surface area contributed by atoms with Gasteiger partial charge in [-0.15, -0.1) is 0 Å². The lowest BCUT2D eigenvalue weighted by Gasteiger charge is -2.44. The van der Waals surface area contributed by atoms with Crippen LogP contribution in [0.4, 0.5) is 8.78 Å². The zero-order valence-corrected chi connectivity index (χ0v) is 13.8. The summed E-state index contributed by atoms with van der Waals surface area (Å²) in [4.78, 5) is 21.4. The molecule has 2 aromatic rings. The molecule has 4 rings (SSSR count). The van der Waals surface area contributed by atoms with Crippen LogP contribution in [0.1, 0.15) is 43.8 Å². The van der Waals surface area contributed by atoms with Gasteiger partial charge in [0.05, 0.1) is 11.0 Å². The summed E-state index contributed by atoms with van der Waals surface area (Å²) in [5.41, 5.74) is -0.443. The average Bonchev–Trinajstić information content (AvgIpc) is 3.03. The molecule has 1 aliphatic heterocycles. The summed E-state index contributed by atoms with van der Waals surface area (Å²) in [6.07, 6.45) is 1.92. The molecule has 1 unspecified atom stereocenters. The van der Waals surface area contributed by atoms with Gasteiger partial charge in [0, 0.05) is 19.0 Å². The van der Waals surface area contributed by atoms with E-state index in [9.17, 15) is 18.7 Å². The van der Waals surface area contributed by atoms with Gasteiger partial charge in [0.25, 0.3) is 5.91 Å². The van der Waals surface area contributed by atoms with E-state index in [-0.39, 0.29) is 25.3 Å². The number of fused-ring (bicyclic) bond motifs is 1. The maximum atomic E-state index is 14.5. The predicted octanol–water partition coefficient (Wildman–Crippen LogP) is 2.82. The number of para-hydroxylation sites is 2. The van der Waals surface area contributed by atoms with E-state index in [0.717, 1.165) is 23.3 Å². The number of alkyl halides is 2. The molecule has 1 aliphatic carbocycles. The molecular formula is C18H21F2N3O2. The van der Waals surface area contributed by atoms with Crippen molar-refractivity contribution in [1.29, 1.82) is 0 Å². The van der Waals surface area contributed by atoms with Crippen molar-refractivity contribution < 1.29 is 18.7 Å². The van der Waals surface area contributed by atoms with Gasteiger partial charge in [0.15, 0.2) is 0 Å². The Hall–Kier alpha value is -2.02. The molecular weight excluding hydrogens is 328 g/mol. The first-order valence-electron chi connectivity index (χ1n) is 8.75. The quantitative estimate of drug-likeness (QED) is 0.895. The lowest BCUT2D eigenvalue weighted by molar-refractivity contribution is -0.224.